The molecule has 18 heavy (non-hydrogen) atoms. The molecule has 2 aromatic rings. The fraction of sp³-hybridized carbons (Fsp3) is 0.533. The molecule has 0 amide bonds. The van der Waals surface area contributed by atoms with Crippen molar-refractivity contribution in [2.75, 3.05) is 0 Å². The Morgan fingerprint density at radius 3 is 2.22 bits per heavy atom. The highest BCUT2D eigenvalue weighted by molar-refractivity contribution is 5.81. The van der Waals surface area contributed by atoms with Crippen LogP contribution in [-0.2, 0) is 18.0 Å². The molecule has 1 aromatic carbocycles. The zero-order chi connectivity index (χ0) is 13.7. The van der Waals surface area contributed by atoms with E-state index >= 15 is 0 Å². The minimum absolute atomic E-state index is 0.101. The molecule has 98 valence electrons. The summed E-state index contributed by atoms with van der Waals surface area (Å²) in [6, 6.07) is 6.31. The van der Waals surface area contributed by atoms with Crippen LogP contribution in [0, 0.1) is 0 Å². The number of hydrogen-bond acceptors (Lipinski definition) is 2. The number of para-hydroxylation sites is 1. The van der Waals surface area contributed by atoms with Gasteiger partial charge in [-0.2, -0.15) is 0 Å². The molecule has 0 saturated carbocycles. The number of rotatable bonds is 1. The van der Waals surface area contributed by atoms with Crippen molar-refractivity contribution in [1.82, 2.24) is 9.55 Å². The molecule has 3 heteroatoms. The van der Waals surface area contributed by atoms with Gasteiger partial charge in [-0.3, -0.25) is 0 Å². The van der Waals surface area contributed by atoms with E-state index < -0.39 is 5.54 Å². The first-order chi connectivity index (χ1) is 8.12. The SMILES string of the molecule is Cn1c(C(C)(C)N)nc2cccc(C(C)(C)C)c21. The molecular formula is C15H23N3. The van der Waals surface area contributed by atoms with E-state index in [9.17, 15) is 0 Å². The van der Waals surface area contributed by atoms with Gasteiger partial charge in [-0.15, -0.1) is 0 Å². The van der Waals surface area contributed by atoms with Crippen molar-refractivity contribution in [3.63, 3.8) is 0 Å². The second kappa shape index (κ2) is 3.82. The lowest BCUT2D eigenvalue weighted by atomic mass is 9.86. The van der Waals surface area contributed by atoms with Crippen LogP contribution in [-0.4, -0.2) is 9.55 Å². The Morgan fingerprint density at radius 1 is 1.11 bits per heavy atom. The van der Waals surface area contributed by atoms with E-state index in [1.165, 1.54) is 11.1 Å². The summed E-state index contributed by atoms with van der Waals surface area (Å²) in [6.45, 7) is 10.7. The normalized spacial score (nSPS) is 13.3. The van der Waals surface area contributed by atoms with Gasteiger partial charge in [0.15, 0.2) is 0 Å². The van der Waals surface area contributed by atoms with Crippen LogP contribution in [0.4, 0.5) is 0 Å². The summed E-state index contributed by atoms with van der Waals surface area (Å²) >= 11 is 0. The van der Waals surface area contributed by atoms with Gasteiger partial charge < -0.3 is 10.3 Å². The standard InChI is InChI=1S/C15H23N3/c1-14(2,3)10-8-7-9-11-12(10)18(6)13(17-11)15(4,5)16/h7-9H,16H2,1-6H3. The zero-order valence-electron chi connectivity index (χ0n) is 12.2. The van der Waals surface area contributed by atoms with Gasteiger partial charge >= 0.3 is 0 Å². The molecule has 1 heterocycles. The van der Waals surface area contributed by atoms with Gasteiger partial charge in [-0.05, 0) is 30.9 Å². The van der Waals surface area contributed by atoms with Gasteiger partial charge in [-0.25, -0.2) is 4.98 Å². The number of aryl methyl sites for hydroxylation is 1. The smallest absolute Gasteiger partial charge is 0.129 e. The minimum atomic E-state index is -0.428. The zero-order valence-corrected chi connectivity index (χ0v) is 12.2. The molecule has 0 saturated heterocycles. The molecule has 2 rings (SSSR count). The highest BCUT2D eigenvalue weighted by atomic mass is 15.1. The molecule has 2 N–H and O–H groups in total. The summed E-state index contributed by atoms with van der Waals surface area (Å²) in [6.07, 6.45) is 0. The predicted octanol–water partition coefficient (Wildman–Crippen LogP) is 3.06. The van der Waals surface area contributed by atoms with Crippen molar-refractivity contribution in [3.8, 4) is 0 Å². The number of imidazole rings is 1. The van der Waals surface area contributed by atoms with Gasteiger partial charge in [0.05, 0.1) is 16.6 Å². The van der Waals surface area contributed by atoms with E-state index in [-0.39, 0.29) is 5.41 Å². The largest absolute Gasteiger partial charge is 0.329 e. The fourth-order valence-corrected chi connectivity index (χ4v) is 2.45. The number of hydrogen-bond donors (Lipinski definition) is 1. The second-order valence-corrected chi connectivity index (χ2v) is 6.64. The van der Waals surface area contributed by atoms with Crippen molar-refractivity contribution in [3.05, 3.63) is 29.6 Å². The molecular weight excluding hydrogens is 222 g/mol. The number of nitrogens with zero attached hydrogens (tertiary/aromatic N) is 2. The summed E-state index contributed by atoms with van der Waals surface area (Å²) in [5.41, 5.74) is 9.40. The van der Waals surface area contributed by atoms with Crippen LogP contribution < -0.4 is 5.73 Å². The molecule has 0 atom stereocenters. The molecule has 0 spiro atoms. The van der Waals surface area contributed by atoms with Crippen LogP contribution in [0.2, 0.25) is 0 Å². The van der Waals surface area contributed by atoms with Crippen LogP contribution in [0.1, 0.15) is 46.0 Å². The van der Waals surface area contributed by atoms with Gasteiger partial charge in [0.25, 0.3) is 0 Å². The number of nitrogens with two attached hydrogens (primary N) is 1. The van der Waals surface area contributed by atoms with Crippen molar-refractivity contribution in [2.45, 2.75) is 45.6 Å². The second-order valence-electron chi connectivity index (χ2n) is 6.64. The number of aromatic nitrogens is 2. The minimum Gasteiger partial charge on any atom is -0.329 e. The molecule has 1 aromatic heterocycles. The Bertz CT molecular complexity index is 580. The van der Waals surface area contributed by atoms with E-state index in [0.717, 1.165) is 11.3 Å². The molecule has 0 fully saturated rings. The third-order valence-corrected chi connectivity index (χ3v) is 3.28. The van der Waals surface area contributed by atoms with Crippen LogP contribution in [0.25, 0.3) is 11.0 Å². The first-order valence-corrected chi connectivity index (χ1v) is 6.37. The van der Waals surface area contributed by atoms with Crippen molar-refractivity contribution in [2.24, 2.45) is 12.8 Å². The average molecular weight is 245 g/mol. The lowest BCUT2D eigenvalue weighted by Gasteiger charge is -2.22. The van der Waals surface area contributed by atoms with Crippen LogP contribution in [0.3, 0.4) is 0 Å². The van der Waals surface area contributed by atoms with Crippen molar-refractivity contribution >= 4 is 11.0 Å². The topological polar surface area (TPSA) is 43.8 Å². The van der Waals surface area contributed by atoms with Gasteiger partial charge in [0.1, 0.15) is 5.82 Å². The Morgan fingerprint density at radius 2 is 1.72 bits per heavy atom. The summed E-state index contributed by atoms with van der Waals surface area (Å²) < 4.78 is 2.13. The predicted molar refractivity (Wildman–Crippen MR) is 76.6 cm³/mol. The summed E-state index contributed by atoms with van der Waals surface area (Å²) in [4.78, 5) is 4.70. The number of fused-ring (bicyclic) bond motifs is 1. The Hall–Kier alpha value is -1.35. The van der Waals surface area contributed by atoms with Crippen LogP contribution in [0.15, 0.2) is 18.2 Å². The van der Waals surface area contributed by atoms with E-state index in [0.29, 0.717) is 0 Å². The summed E-state index contributed by atoms with van der Waals surface area (Å²) in [5.74, 6) is 0.925. The van der Waals surface area contributed by atoms with E-state index in [2.05, 4.69) is 50.6 Å². The third-order valence-electron chi connectivity index (χ3n) is 3.28. The van der Waals surface area contributed by atoms with Gasteiger partial charge in [0, 0.05) is 7.05 Å². The summed E-state index contributed by atoms with van der Waals surface area (Å²) in [5, 5.41) is 0. The highest BCUT2D eigenvalue weighted by Crippen LogP contribution is 2.31. The molecule has 0 bridgehead atoms. The quantitative estimate of drug-likeness (QED) is 0.839. The maximum Gasteiger partial charge on any atom is 0.129 e. The lowest BCUT2D eigenvalue weighted by Crippen LogP contribution is -2.32. The highest BCUT2D eigenvalue weighted by Gasteiger charge is 2.25. The summed E-state index contributed by atoms with van der Waals surface area (Å²) in [7, 11) is 2.05. The van der Waals surface area contributed by atoms with Gasteiger partial charge in [0.2, 0.25) is 0 Å². The van der Waals surface area contributed by atoms with Gasteiger partial charge in [-0.1, -0.05) is 32.9 Å². The van der Waals surface area contributed by atoms with E-state index in [1.54, 1.807) is 0 Å². The third kappa shape index (κ3) is 2.03. The molecule has 3 nitrogen and oxygen atoms in total. The lowest BCUT2D eigenvalue weighted by molar-refractivity contribution is 0.496. The molecule has 0 aliphatic heterocycles. The maximum atomic E-state index is 6.20. The average Bonchev–Trinajstić information content (AvgIpc) is 2.54. The van der Waals surface area contributed by atoms with E-state index in [1.807, 2.05) is 13.8 Å². The van der Waals surface area contributed by atoms with Crippen molar-refractivity contribution in [1.29, 1.82) is 0 Å². The number of benzene rings is 1. The molecule has 0 unspecified atom stereocenters. The van der Waals surface area contributed by atoms with E-state index in [4.69, 9.17) is 10.7 Å². The fourth-order valence-electron chi connectivity index (χ4n) is 2.45. The molecule has 0 aliphatic rings. The Kier molecular flexibility index (Phi) is 2.78. The first-order valence-electron chi connectivity index (χ1n) is 6.37. The maximum absolute atomic E-state index is 6.20. The molecule has 0 aliphatic carbocycles. The van der Waals surface area contributed by atoms with Crippen LogP contribution in [0.5, 0.6) is 0 Å². The first kappa shape index (κ1) is 13.1. The van der Waals surface area contributed by atoms with Crippen molar-refractivity contribution < 1.29 is 0 Å². The van der Waals surface area contributed by atoms with Crippen LogP contribution >= 0.6 is 0 Å². The Balaban J connectivity index is 2.83. The monoisotopic (exact) mass is 245 g/mol. The Labute approximate surface area is 109 Å². The molecule has 0 radical (unpaired) electrons.